The second-order valence-corrected chi connectivity index (χ2v) is 6.76. The highest BCUT2D eigenvalue weighted by Gasteiger charge is 2.53. The van der Waals surface area contributed by atoms with E-state index in [1.807, 2.05) is 0 Å². The minimum Gasteiger partial charge on any atom is -0.354 e. The third kappa shape index (κ3) is 2.24. The zero-order valence-electron chi connectivity index (χ0n) is 11.8. The summed E-state index contributed by atoms with van der Waals surface area (Å²) in [5.41, 5.74) is 3.13. The van der Waals surface area contributed by atoms with Crippen molar-refractivity contribution in [2.75, 3.05) is 6.54 Å². The highest BCUT2D eigenvalue weighted by atomic mass is 16.2. The highest BCUT2D eigenvalue weighted by Crippen LogP contribution is 2.60. The predicted molar refractivity (Wildman–Crippen MR) is 78.2 cm³/mol. The number of hydrogen-bond donors (Lipinski definition) is 2. The number of amides is 1. The maximum atomic E-state index is 12.4. The van der Waals surface area contributed by atoms with Gasteiger partial charge in [0.2, 0.25) is 5.91 Å². The van der Waals surface area contributed by atoms with Gasteiger partial charge in [-0.1, -0.05) is 24.3 Å². The fraction of sp³-hybridized carbons (Fsp3) is 0.588. The van der Waals surface area contributed by atoms with Crippen LogP contribution in [-0.4, -0.2) is 18.5 Å². The maximum absolute atomic E-state index is 12.4. The van der Waals surface area contributed by atoms with E-state index in [-0.39, 0.29) is 11.9 Å². The van der Waals surface area contributed by atoms with Crippen molar-refractivity contribution in [1.29, 1.82) is 0 Å². The molecule has 4 rings (SSSR count). The van der Waals surface area contributed by atoms with E-state index in [2.05, 4.69) is 34.9 Å². The van der Waals surface area contributed by atoms with Gasteiger partial charge in [-0.15, -0.1) is 0 Å². The van der Waals surface area contributed by atoms with Gasteiger partial charge in [-0.2, -0.15) is 0 Å². The second-order valence-electron chi connectivity index (χ2n) is 6.76. The first-order valence-electron chi connectivity index (χ1n) is 7.85. The first-order valence-corrected chi connectivity index (χ1v) is 7.85. The van der Waals surface area contributed by atoms with Crippen LogP contribution in [-0.2, 0) is 17.8 Å². The molecule has 1 amide bonds. The molecular formula is C17H22N2O. The van der Waals surface area contributed by atoms with E-state index in [1.54, 1.807) is 0 Å². The summed E-state index contributed by atoms with van der Waals surface area (Å²) in [5.74, 6) is 1.09. The number of benzene rings is 1. The van der Waals surface area contributed by atoms with Crippen molar-refractivity contribution in [3.05, 3.63) is 35.4 Å². The van der Waals surface area contributed by atoms with Gasteiger partial charge in [-0.25, -0.2) is 0 Å². The van der Waals surface area contributed by atoms with Crippen molar-refractivity contribution < 1.29 is 4.79 Å². The lowest BCUT2D eigenvalue weighted by atomic mass is 9.95. The topological polar surface area (TPSA) is 41.1 Å². The maximum Gasteiger partial charge on any atom is 0.237 e. The van der Waals surface area contributed by atoms with E-state index in [1.165, 1.54) is 36.8 Å². The summed E-state index contributed by atoms with van der Waals surface area (Å²) in [7, 11) is 0. The Bertz CT molecular complexity index is 532. The first kappa shape index (κ1) is 12.4. The van der Waals surface area contributed by atoms with Crippen LogP contribution in [0.25, 0.3) is 0 Å². The van der Waals surface area contributed by atoms with Crippen LogP contribution in [0.2, 0.25) is 0 Å². The van der Waals surface area contributed by atoms with Crippen LogP contribution in [0.4, 0.5) is 0 Å². The molecule has 1 aliphatic heterocycles. The number of nitrogens with one attached hydrogen (secondary N) is 2. The smallest absolute Gasteiger partial charge is 0.237 e. The Morgan fingerprint density at radius 3 is 2.70 bits per heavy atom. The number of rotatable bonds is 4. The molecule has 2 aliphatic carbocycles. The Labute approximate surface area is 120 Å². The summed E-state index contributed by atoms with van der Waals surface area (Å²) in [6.07, 6.45) is 6.21. The third-order valence-corrected chi connectivity index (χ3v) is 5.35. The summed E-state index contributed by atoms with van der Waals surface area (Å²) in [5, 5.41) is 6.57. The van der Waals surface area contributed by atoms with Gasteiger partial charge >= 0.3 is 0 Å². The van der Waals surface area contributed by atoms with Crippen LogP contribution in [0.1, 0.15) is 36.8 Å². The number of carbonyl (C=O) groups is 1. The molecule has 0 aromatic heterocycles. The molecule has 2 N–H and O–H groups in total. The SMILES string of the molecule is O=C(NCC1(C2CC2)CC1)[C@@H]1Cc2ccccc2CN1. The minimum absolute atomic E-state index is 0.0556. The van der Waals surface area contributed by atoms with Crippen LogP contribution >= 0.6 is 0 Å². The van der Waals surface area contributed by atoms with Crippen molar-refractivity contribution in [2.45, 2.75) is 44.7 Å². The van der Waals surface area contributed by atoms with Crippen molar-refractivity contribution in [3.8, 4) is 0 Å². The minimum atomic E-state index is -0.0556. The van der Waals surface area contributed by atoms with Gasteiger partial charge in [0.1, 0.15) is 0 Å². The van der Waals surface area contributed by atoms with Gasteiger partial charge in [-0.3, -0.25) is 4.79 Å². The molecule has 20 heavy (non-hydrogen) atoms. The standard InChI is InChI=1S/C17H22N2O/c20-16(19-11-17(7-8-17)14-5-6-14)15-9-12-3-1-2-4-13(12)10-18-15/h1-4,14-15,18H,5-11H2,(H,19,20)/t15-/m0/s1. The molecule has 0 saturated heterocycles. The van der Waals surface area contributed by atoms with Crippen LogP contribution in [0.3, 0.4) is 0 Å². The molecule has 2 fully saturated rings. The molecule has 1 aromatic rings. The molecule has 1 aromatic carbocycles. The first-order chi connectivity index (χ1) is 9.77. The van der Waals surface area contributed by atoms with E-state index in [9.17, 15) is 4.79 Å². The zero-order valence-corrected chi connectivity index (χ0v) is 11.8. The monoisotopic (exact) mass is 270 g/mol. The Morgan fingerprint density at radius 2 is 2.00 bits per heavy atom. The summed E-state index contributed by atoms with van der Waals surface area (Å²) in [6.45, 7) is 1.71. The number of hydrogen-bond acceptors (Lipinski definition) is 2. The van der Waals surface area contributed by atoms with Crippen molar-refractivity contribution in [2.24, 2.45) is 11.3 Å². The van der Waals surface area contributed by atoms with Crippen LogP contribution in [0.5, 0.6) is 0 Å². The average Bonchev–Trinajstić information content (AvgIpc) is 3.37. The normalized spacial score (nSPS) is 26.7. The molecular weight excluding hydrogens is 248 g/mol. The average molecular weight is 270 g/mol. The van der Waals surface area contributed by atoms with Gasteiger partial charge in [-0.05, 0) is 54.6 Å². The fourth-order valence-electron chi connectivity index (χ4n) is 3.61. The molecule has 106 valence electrons. The van der Waals surface area contributed by atoms with Crippen molar-refractivity contribution in [3.63, 3.8) is 0 Å². The van der Waals surface area contributed by atoms with E-state index in [4.69, 9.17) is 0 Å². The second kappa shape index (κ2) is 4.59. The molecule has 0 bridgehead atoms. The van der Waals surface area contributed by atoms with Crippen LogP contribution in [0, 0.1) is 11.3 Å². The van der Waals surface area contributed by atoms with Crippen molar-refractivity contribution >= 4 is 5.91 Å². The number of carbonyl (C=O) groups excluding carboxylic acids is 1. The van der Waals surface area contributed by atoms with E-state index in [0.29, 0.717) is 5.41 Å². The molecule has 1 atom stereocenters. The van der Waals surface area contributed by atoms with Crippen molar-refractivity contribution in [1.82, 2.24) is 10.6 Å². The molecule has 0 unspecified atom stereocenters. The van der Waals surface area contributed by atoms with E-state index >= 15 is 0 Å². The summed E-state index contributed by atoms with van der Waals surface area (Å²) >= 11 is 0. The summed E-state index contributed by atoms with van der Waals surface area (Å²) in [6, 6.07) is 8.35. The predicted octanol–water partition coefficient (Wildman–Crippen LogP) is 2.01. The lowest BCUT2D eigenvalue weighted by Gasteiger charge is -2.26. The third-order valence-electron chi connectivity index (χ3n) is 5.35. The molecule has 0 spiro atoms. The largest absolute Gasteiger partial charge is 0.354 e. The zero-order chi connectivity index (χ0) is 13.6. The van der Waals surface area contributed by atoms with E-state index < -0.39 is 0 Å². The fourth-order valence-corrected chi connectivity index (χ4v) is 3.61. The molecule has 2 saturated carbocycles. The van der Waals surface area contributed by atoms with E-state index in [0.717, 1.165) is 25.4 Å². The molecule has 3 aliphatic rings. The lowest BCUT2D eigenvalue weighted by Crippen LogP contribution is -2.48. The Morgan fingerprint density at radius 1 is 1.25 bits per heavy atom. The Kier molecular flexibility index (Phi) is 2.84. The van der Waals surface area contributed by atoms with Gasteiger partial charge in [0, 0.05) is 13.1 Å². The summed E-state index contributed by atoms with van der Waals surface area (Å²) < 4.78 is 0. The van der Waals surface area contributed by atoms with Gasteiger partial charge in [0.05, 0.1) is 6.04 Å². The quantitative estimate of drug-likeness (QED) is 0.878. The molecule has 3 heteroatoms. The number of fused-ring (bicyclic) bond motifs is 1. The van der Waals surface area contributed by atoms with Gasteiger partial charge in [0.15, 0.2) is 0 Å². The molecule has 3 nitrogen and oxygen atoms in total. The summed E-state index contributed by atoms with van der Waals surface area (Å²) in [4.78, 5) is 12.4. The lowest BCUT2D eigenvalue weighted by molar-refractivity contribution is -0.123. The molecule has 0 radical (unpaired) electrons. The Balaban J connectivity index is 1.35. The van der Waals surface area contributed by atoms with Crippen LogP contribution in [0.15, 0.2) is 24.3 Å². The highest BCUT2D eigenvalue weighted by molar-refractivity contribution is 5.82. The van der Waals surface area contributed by atoms with Gasteiger partial charge in [0.25, 0.3) is 0 Å². The molecule has 1 heterocycles. The van der Waals surface area contributed by atoms with Gasteiger partial charge < -0.3 is 10.6 Å². The Hall–Kier alpha value is -1.35. The van der Waals surface area contributed by atoms with Crippen LogP contribution < -0.4 is 10.6 Å².